The number of hydrogen-bond acceptors (Lipinski definition) is 2. The van der Waals surface area contributed by atoms with Crippen molar-refractivity contribution in [1.29, 1.82) is 0 Å². The third-order valence-corrected chi connectivity index (χ3v) is 5.55. The van der Waals surface area contributed by atoms with Crippen molar-refractivity contribution in [1.82, 2.24) is 0 Å². The largest absolute Gasteiger partial charge is 0.223 e. The van der Waals surface area contributed by atoms with Crippen molar-refractivity contribution in [3.8, 4) is 11.1 Å². The second-order valence-corrected chi connectivity index (χ2v) is 6.91. The first kappa shape index (κ1) is 12.3. The Hall–Kier alpha value is -1.13. The van der Waals surface area contributed by atoms with Gasteiger partial charge in [-0.1, -0.05) is 58.4 Å². The van der Waals surface area contributed by atoms with Crippen molar-refractivity contribution < 1.29 is 8.42 Å². The second-order valence-electron chi connectivity index (χ2n) is 3.61. The van der Waals surface area contributed by atoms with Gasteiger partial charge in [0.25, 0.3) is 0 Å². The molecule has 0 amide bonds. The average molecular weight is 311 g/mol. The van der Waals surface area contributed by atoms with Crippen LogP contribution in [-0.2, 0) is 9.84 Å². The van der Waals surface area contributed by atoms with E-state index in [1.807, 2.05) is 42.5 Å². The van der Waals surface area contributed by atoms with Crippen LogP contribution in [0.5, 0.6) is 0 Å². The lowest BCUT2D eigenvalue weighted by Crippen LogP contribution is -2.00. The minimum Gasteiger partial charge on any atom is -0.223 e. The summed E-state index contributed by atoms with van der Waals surface area (Å²) in [6, 6.07) is 16.8. The normalized spacial score (nSPS) is 11.4. The second kappa shape index (κ2) is 5.02. The maximum atomic E-state index is 11.6. The lowest BCUT2D eigenvalue weighted by molar-refractivity contribution is 0.601. The maximum absolute atomic E-state index is 11.6. The van der Waals surface area contributed by atoms with Crippen LogP contribution in [0.15, 0.2) is 59.5 Å². The molecule has 2 aromatic carbocycles. The van der Waals surface area contributed by atoms with Crippen LogP contribution in [0.4, 0.5) is 0 Å². The van der Waals surface area contributed by atoms with Gasteiger partial charge in [0.15, 0.2) is 9.84 Å². The predicted octanol–water partition coefficient (Wildman–Crippen LogP) is 3.48. The van der Waals surface area contributed by atoms with Gasteiger partial charge in [-0.15, -0.1) is 0 Å². The number of alkyl halides is 1. The van der Waals surface area contributed by atoms with Crippen LogP contribution < -0.4 is 0 Å². The van der Waals surface area contributed by atoms with E-state index in [2.05, 4.69) is 15.9 Å². The molecule has 0 spiro atoms. The van der Waals surface area contributed by atoms with E-state index in [1.54, 1.807) is 12.1 Å². The lowest BCUT2D eigenvalue weighted by atomic mass is 10.1. The molecule has 0 atom stereocenters. The molecule has 0 bridgehead atoms. The van der Waals surface area contributed by atoms with E-state index in [4.69, 9.17) is 0 Å². The first-order valence-electron chi connectivity index (χ1n) is 5.08. The molecule has 0 N–H and O–H groups in total. The molecule has 17 heavy (non-hydrogen) atoms. The summed E-state index contributed by atoms with van der Waals surface area (Å²) in [4.78, 5) is 0.342. The number of halogens is 1. The van der Waals surface area contributed by atoms with Crippen LogP contribution in [0.25, 0.3) is 11.1 Å². The maximum Gasteiger partial charge on any atom is 0.188 e. The van der Waals surface area contributed by atoms with Gasteiger partial charge in [0.05, 0.1) is 4.90 Å². The van der Waals surface area contributed by atoms with Gasteiger partial charge < -0.3 is 0 Å². The van der Waals surface area contributed by atoms with Gasteiger partial charge >= 0.3 is 0 Å². The Morgan fingerprint density at radius 1 is 0.824 bits per heavy atom. The van der Waals surface area contributed by atoms with Crippen LogP contribution in [-0.4, -0.2) is 13.1 Å². The molecule has 0 saturated heterocycles. The van der Waals surface area contributed by atoms with Crippen LogP contribution >= 0.6 is 15.9 Å². The Bertz CT molecular complexity index is 589. The first-order valence-corrected chi connectivity index (χ1v) is 7.85. The highest BCUT2D eigenvalue weighted by atomic mass is 79.9. The molecule has 2 rings (SSSR count). The summed E-state index contributed by atoms with van der Waals surface area (Å²) >= 11 is 2.98. The fourth-order valence-electron chi connectivity index (χ4n) is 1.55. The molecule has 0 aliphatic carbocycles. The molecule has 2 aromatic rings. The van der Waals surface area contributed by atoms with Gasteiger partial charge in [-0.3, -0.25) is 0 Å². The van der Waals surface area contributed by atoms with E-state index < -0.39 is 9.84 Å². The summed E-state index contributed by atoms with van der Waals surface area (Å²) in [5.41, 5.74) is 2.09. The molecule has 0 fully saturated rings. The van der Waals surface area contributed by atoms with Gasteiger partial charge in [0.1, 0.15) is 4.66 Å². The highest BCUT2D eigenvalue weighted by Crippen LogP contribution is 2.21. The number of hydrogen-bond donors (Lipinski definition) is 0. The van der Waals surface area contributed by atoms with Crippen molar-refractivity contribution in [3.63, 3.8) is 0 Å². The van der Waals surface area contributed by atoms with Crippen LogP contribution in [0, 0.1) is 0 Å². The summed E-state index contributed by atoms with van der Waals surface area (Å²) in [5, 5.41) is 0. The molecule has 88 valence electrons. The minimum absolute atomic E-state index is 0.0509. The van der Waals surface area contributed by atoms with E-state index in [0.717, 1.165) is 11.1 Å². The van der Waals surface area contributed by atoms with Gasteiger partial charge in [0, 0.05) is 0 Å². The van der Waals surface area contributed by atoms with Crippen molar-refractivity contribution in [2.45, 2.75) is 4.90 Å². The molecule has 0 aliphatic rings. The van der Waals surface area contributed by atoms with Gasteiger partial charge in [-0.2, -0.15) is 0 Å². The third-order valence-electron chi connectivity index (χ3n) is 2.46. The van der Waals surface area contributed by atoms with Gasteiger partial charge in [-0.05, 0) is 23.3 Å². The zero-order valence-electron chi connectivity index (χ0n) is 9.01. The minimum atomic E-state index is -3.18. The van der Waals surface area contributed by atoms with Gasteiger partial charge in [0.2, 0.25) is 0 Å². The monoisotopic (exact) mass is 310 g/mol. The smallest absolute Gasteiger partial charge is 0.188 e. The summed E-state index contributed by atoms with van der Waals surface area (Å²) in [7, 11) is -3.18. The van der Waals surface area contributed by atoms with E-state index in [1.165, 1.54) is 0 Å². The number of rotatable bonds is 3. The Balaban J connectivity index is 2.38. The van der Waals surface area contributed by atoms with E-state index in [-0.39, 0.29) is 4.66 Å². The average Bonchev–Trinajstić information content (AvgIpc) is 2.40. The molecule has 0 saturated carbocycles. The Morgan fingerprint density at radius 2 is 1.35 bits per heavy atom. The highest BCUT2D eigenvalue weighted by molar-refractivity contribution is 9.10. The Labute approximate surface area is 109 Å². The zero-order chi connectivity index (χ0) is 12.3. The third kappa shape index (κ3) is 2.76. The molecule has 4 heteroatoms. The Kier molecular flexibility index (Phi) is 3.64. The van der Waals surface area contributed by atoms with Crippen molar-refractivity contribution in [2.24, 2.45) is 0 Å². The summed E-state index contributed by atoms with van der Waals surface area (Å²) in [6.07, 6.45) is 0. The predicted molar refractivity (Wildman–Crippen MR) is 72.9 cm³/mol. The van der Waals surface area contributed by atoms with E-state index in [0.29, 0.717) is 4.90 Å². The molecule has 0 heterocycles. The summed E-state index contributed by atoms with van der Waals surface area (Å²) in [5.74, 6) is 0. The van der Waals surface area contributed by atoms with E-state index in [9.17, 15) is 8.42 Å². The molecule has 0 radical (unpaired) electrons. The molecule has 0 unspecified atom stereocenters. The van der Waals surface area contributed by atoms with Crippen molar-refractivity contribution in [2.75, 3.05) is 4.66 Å². The van der Waals surface area contributed by atoms with Gasteiger partial charge in [-0.25, -0.2) is 8.42 Å². The molecule has 0 aliphatic heterocycles. The Morgan fingerprint density at radius 3 is 1.88 bits per heavy atom. The highest BCUT2D eigenvalue weighted by Gasteiger charge is 2.11. The molecule has 2 nitrogen and oxygen atoms in total. The van der Waals surface area contributed by atoms with Crippen molar-refractivity contribution in [3.05, 3.63) is 54.6 Å². The fraction of sp³-hybridized carbons (Fsp3) is 0.0769. The molecular formula is C13H11BrO2S. The summed E-state index contributed by atoms with van der Waals surface area (Å²) < 4.78 is 23.2. The standard InChI is InChI=1S/C13H11BrO2S/c14-10-17(15,16)13-8-6-12(7-9-13)11-4-2-1-3-5-11/h1-9H,10H2. The van der Waals surface area contributed by atoms with Crippen LogP contribution in [0.1, 0.15) is 0 Å². The van der Waals surface area contributed by atoms with Crippen molar-refractivity contribution >= 4 is 25.8 Å². The quantitative estimate of drug-likeness (QED) is 0.813. The van der Waals surface area contributed by atoms with E-state index >= 15 is 0 Å². The van der Waals surface area contributed by atoms with Crippen LogP contribution in [0.3, 0.4) is 0 Å². The lowest BCUT2D eigenvalue weighted by Gasteiger charge is -2.03. The topological polar surface area (TPSA) is 34.1 Å². The molecular weight excluding hydrogens is 300 g/mol. The zero-order valence-corrected chi connectivity index (χ0v) is 11.4. The first-order chi connectivity index (χ1) is 8.13. The fourth-order valence-corrected chi connectivity index (χ4v) is 3.02. The summed E-state index contributed by atoms with van der Waals surface area (Å²) in [6.45, 7) is 0. The molecule has 0 aromatic heterocycles. The SMILES string of the molecule is O=S(=O)(CBr)c1ccc(-c2ccccc2)cc1. The number of sulfone groups is 1. The van der Waals surface area contributed by atoms with Crippen LogP contribution in [0.2, 0.25) is 0 Å². The number of benzene rings is 2.